The number of carbonyl (C=O) groups is 2. The highest BCUT2D eigenvalue weighted by molar-refractivity contribution is 6.08. The van der Waals surface area contributed by atoms with Gasteiger partial charge in [-0.25, -0.2) is 4.79 Å². The number of likely N-dealkylation sites (tertiary alicyclic amines) is 1. The number of para-hydroxylation sites is 1. The van der Waals surface area contributed by atoms with E-state index in [-0.39, 0.29) is 11.9 Å². The van der Waals surface area contributed by atoms with E-state index in [1.54, 1.807) is 9.80 Å². The Morgan fingerprint density at radius 3 is 2.64 bits per heavy atom. The molecule has 0 saturated carbocycles. The highest BCUT2D eigenvalue weighted by atomic mass is 16.2. The Bertz CT molecular complexity index is 821. The molecule has 2 heterocycles. The third-order valence-corrected chi connectivity index (χ3v) is 5.34. The van der Waals surface area contributed by atoms with Gasteiger partial charge in [-0.2, -0.15) is 0 Å². The molecule has 1 atom stereocenters. The fraction of sp³-hybridized carbons (Fsp3) is 0.300. The van der Waals surface area contributed by atoms with Gasteiger partial charge in [0.15, 0.2) is 0 Å². The zero-order valence-corrected chi connectivity index (χ0v) is 14.2. The molecule has 1 N–H and O–H groups in total. The van der Waals surface area contributed by atoms with Gasteiger partial charge in [-0.1, -0.05) is 48.5 Å². The van der Waals surface area contributed by atoms with E-state index in [2.05, 4.69) is 5.32 Å². The predicted octanol–water partition coefficient (Wildman–Crippen LogP) is 2.52. The lowest BCUT2D eigenvalue weighted by Gasteiger charge is -2.23. The molecule has 1 unspecified atom stereocenters. The molecule has 2 aromatic rings. The number of amides is 3. The topological polar surface area (TPSA) is 52.7 Å². The Labute approximate surface area is 147 Å². The minimum atomic E-state index is -0.588. The molecule has 1 saturated heterocycles. The number of likely N-dealkylation sites (N-methyl/N-ethyl adjacent to an activating group) is 1. The summed E-state index contributed by atoms with van der Waals surface area (Å²) in [7, 11) is 1.81. The van der Waals surface area contributed by atoms with Crippen molar-refractivity contribution in [1.29, 1.82) is 0 Å². The van der Waals surface area contributed by atoms with E-state index in [9.17, 15) is 9.59 Å². The SMILES string of the molecule is CN1C(=O)C2(CCN(C(=O)NCc3ccccc3)C2)c2ccccc21. The summed E-state index contributed by atoms with van der Waals surface area (Å²) in [6.45, 7) is 1.52. The second-order valence-electron chi connectivity index (χ2n) is 6.78. The molecule has 0 aromatic heterocycles. The number of fused-ring (bicyclic) bond motifs is 2. The van der Waals surface area contributed by atoms with Gasteiger partial charge in [-0.05, 0) is 23.6 Å². The van der Waals surface area contributed by atoms with E-state index in [1.807, 2.05) is 61.6 Å². The Kier molecular flexibility index (Phi) is 3.71. The van der Waals surface area contributed by atoms with E-state index < -0.39 is 5.41 Å². The first-order valence-corrected chi connectivity index (χ1v) is 8.56. The van der Waals surface area contributed by atoms with Crippen LogP contribution in [0.4, 0.5) is 10.5 Å². The lowest BCUT2D eigenvalue weighted by molar-refractivity contribution is -0.122. The first-order valence-electron chi connectivity index (χ1n) is 8.56. The van der Waals surface area contributed by atoms with Crippen molar-refractivity contribution in [2.24, 2.45) is 0 Å². The fourth-order valence-electron chi connectivity index (χ4n) is 3.98. The molecular formula is C20H21N3O2. The number of rotatable bonds is 2. The van der Waals surface area contributed by atoms with Crippen molar-refractivity contribution in [3.05, 3.63) is 65.7 Å². The van der Waals surface area contributed by atoms with Crippen molar-refractivity contribution >= 4 is 17.6 Å². The van der Waals surface area contributed by atoms with Gasteiger partial charge in [0.25, 0.3) is 0 Å². The average Bonchev–Trinajstić information content (AvgIpc) is 3.19. The highest BCUT2D eigenvalue weighted by Gasteiger charge is 2.54. The smallest absolute Gasteiger partial charge is 0.317 e. The Morgan fingerprint density at radius 1 is 1.12 bits per heavy atom. The maximum Gasteiger partial charge on any atom is 0.317 e. The fourth-order valence-corrected chi connectivity index (χ4v) is 3.98. The molecule has 2 aromatic carbocycles. The number of urea groups is 1. The van der Waals surface area contributed by atoms with Crippen LogP contribution in [-0.4, -0.2) is 37.0 Å². The molecule has 128 valence electrons. The summed E-state index contributed by atoms with van der Waals surface area (Å²) in [5.74, 6) is 0.0899. The average molecular weight is 335 g/mol. The molecule has 3 amide bonds. The summed E-state index contributed by atoms with van der Waals surface area (Å²) < 4.78 is 0. The number of carbonyl (C=O) groups excluding carboxylic acids is 2. The van der Waals surface area contributed by atoms with Gasteiger partial charge >= 0.3 is 6.03 Å². The highest BCUT2D eigenvalue weighted by Crippen LogP contribution is 2.46. The second kappa shape index (κ2) is 5.92. The molecule has 5 nitrogen and oxygen atoms in total. The molecular weight excluding hydrogens is 314 g/mol. The number of hydrogen-bond donors (Lipinski definition) is 1. The number of anilines is 1. The minimum Gasteiger partial charge on any atom is -0.334 e. The standard InChI is InChI=1S/C20H21N3O2/c1-22-17-10-6-5-9-16(17)20(18(22)24)11-12-23(14-20)19(25)21-13-15-7-3-2-4-8-15/h2-10H,11-14H2,1H3,(H,21,25). The van der Waals surface area contributed by atoms with E-state index in [0.717, 1.165) is 16.8 Å². The van der Waals surface area contributed by atoms with Crippen LogP contribution in [0.2, 0.25) is 0 Å². The van der Waals surface area contributed by atoms with Crippen LogP contribution in [0.25, 0.3) is 0 Å². The summed E-state index contributed by atoms with van der Waals surface area (Å²) in [5.41, 5.74) is 2.47. The van der Waals surface area contributed by atoms with Crippen LogP contribution >= 0.6 is 0 Å². The quantitative estimate of drug-likeness (QED) is 0.917. The number of nitrogens with one attached hydrogen (secondary N) is 1. The van der Waals surface area contributed by atoms with Gasteiger partial charge in [0.2, 0.25) is 5.91 Å². The Hall–Kier alpha value is -2.82. The molecule has 1 fully saturated rings. The first-order chi connectivity index (χ1) is 12.1. The van der Waals surface area contributed by atoms with Gasteiger partial charge < -0.3 is 15.1 Å². The van der Waals surface area contributed by atoms with Crippen LogP contribution < -0.4 is 10.2 Å². The zero-order chi connectivity index (χ0) is 17.4. The molecule has 0 bridgehead atoms. The third kappa shape index (κ3) is 2.47. The van der Waals surface area contributed by atoms with Crippen LogP contribution in [0.5, 0.6) is 0 Å². The van der Waals surface area contributed by atoms with E-state index in [4.69, 9.17) is 0 Å². The van der Waals surface area contributed by atoms with Crippen molar-refractivity contribution in [2.45, 2.75) is 18.4 Å². The van der Waals surface area contributed by atoms with Crippen LogP contribution in [0, 0.1) is 0 Å². The van der Waals surface area contributed by atoms with Gasteiger partial charge in [-0.15, -0.1) is 0 Å². The molecule has 2 aliphatic heterocycles. The van der Waals surface area contributed by atoms with Gasteiger partial charge in [0, 0.05) is 32.4 Å². The normalized spacial score (nSPS) is 21.7. The third-order valence-electron chi connectivity index (χ3n) is 5.34. The van der Waals surface area contributed by atoms with Crippen molar-refractivity contribution in [1.82, 2.24) is 10.2 Å². The summed E-state index contributed by atoms with van der Waals surface area (Å²) in [6.07, 6.45) is 0.673. The maximum absolute atomic E-state index is 12.9. The molecule has 25 heavy (non-hydrogen) atoms. The van der Waals surface area contributed by atoms with E-state index in [1.165, 1.54) is 0 Å². The first kappa shape index (κ1) is 15.7. The molecule has 4 rings (SSSR count). The van der Waals surface area contributed by atoms with Crippen LogP contribution in [0.3, 0.4) is 0 Å². The lowest BCUT2D eigenvalue weighted by Crippen LogP contribution is -2.44. The molecule has 2 aliphatic rings. The van der Waals surface area contributed by atoms with Crippen LogP contribution in [0.15, 0.2) is 54.6 Å². The van der Waals surface area contributed by atoms with Crippen LogP contribution in [0.1, 0.15) is 17.5 Å². The minimum absolute atomic E-state index is 0.0899. The zero-order valence-electron chi connectivity index (χ0n) is 14.2. The molecule has 0 aliphatic carbocycles. The van der Waals surface area contributed by atoms with Gasteiger partial charge in [-0.3, -0.25) is 4.79 Å². The van der Waals surface area contributed by atoms with Gasteiger partial charge in [0.1, 0.15) is 0 Å². The monoisotopic (exact) mass is 335 g/mol. The van der Waals surface area contributed by atoms with Crippen molar-refractivity contribution < 1.29 is 9.59 Å². The van der Waals surface area contributed by atoms with E-state index >= 15 is 0 Å². The largest absolute Gasteiger partial charge is 0.334 e. The molecule has 0 radical (unpaired) electrons. The molecule has 1 spiro atoms. The number of hydrogen-bond acceptors (Lipinski definition) is 2. The summed E-state index contributed by atoms with van der Waals surface area (Å²) >= 11 is 0. The van der Waals surface area contributed by atoms with E-state index in [0.29, 0.717) is 26.1 Å². The summed E-state index contributed by atoms with van der Waals surface area (Å²) in [4.78, 5) is 28.9. The van der Waals surface area contributed by atoms with Crippen molar-refractivity contribution in [3.8, 4) is 0 Å². The predicted molar refractivity (Wildman–Crippen MR) is 96.4 cm³/mol. The summed E-state index contributed by atoms with van der Waals surface area (Å²) in [5, 5.41) is 2.96. The maximum atomic E-state index is 12.9. The van der Waals surface area contributed by atoms with Crippen molar-refractivity contribution in [2.75, 3.05) is 25.0 Å². The number of benzene rings is 2. The van der Waals surface area contributed by atoms with Crippen molar-refractivity contribution in [3.63, 3.8) is 0 Å². The summed E-state index contributed by atoms with van der Waals surface area (Å²) in [6, 6.07) is 17.6. The molecule has 5 heteroatoms. The number of nitrogens with zero attached hydrogens (tertiary/aromatic N) is 2. The van der Waals surface area contributed by atoms with Crippen LogP contribution in [-0.2, 0) is 16.8 Å². The van der Waals surface area contributed by atoms with Gasteiger partial charge in [0.05, 0.1) is 5.41 Å². The second-order valence-corrected chi connectivity index (χ2v) is 6.78. The Morgan fingerprint density at radius 2 is 1.84 bits per heavy atom. The Balaban J connectivity index is 1.49. The lowest BCUT2D eigenvalue weighted by atomic mass is 9.81.